The number of H-pyrrole nitrogens is 1. The molecule has 2 aromatic rings. The van der Waals surface area contributed by atoms with Crippen molar-refractivity contribution < 1.29 is 4.74 Å². The summed E-state index contributed by atoms with van der Waals surface area (Å²) in [7, 11) is 0. The van der Waals surface area contributed by atoms with Crippen LogP contribution in [0.1, 0.15) is 30.5 Å². The van der Waals surface area contributed by atoms with E-state index in [0.29, 0.717) is 18.3 Å². The molecule has 0 amide bonds. The van der Waals surface area contributed by atoms with Gasteiger partial charge in [0.15, 0.2) is 0 Å². The summed E-state index contributed by atoms with van der Waals surface area (Å²) in [6.07, 6.45) is 0. The summed E-state index contributed by atoms with van der Waals surface area (Å²) < 4.78 is 5.50. The molecule has 0 spiro atoms. The minimum Gasteiger partial charge on any atom is -0.472 e. The van der Waals surface area contributed by atoms with Crippen LogP contribution in [0.25, 0.3) is 0 Å². The van der Waals surface area contributed by atoms with Gasteiger partial charge in [0.05, 0.1) is 6.07 Å². The zero-order chi connectivity index (χ0) is 12.3. The largest absolute Gasteiger partial charge is 0.472 e. The van der Waals surface area contributed by atoms with Crippen LogP contribution in [-0.2, 0) is 6.61 Å². The molecule has 17 heavy (non-hydrogen) atoms. The van der Waals surface area contributed by atoms with Crippen molar-refractivity contribution in [1.82, 2.24) is 9.97 Å². The average Bonchev–Trinajstić information content (AvgIpc) is 2.78. The van der Waals surface area contributed by atoms with Crippen molar-refractivity contribution in [2.75, 3.05) is 0 Å². The second-order valence-electron chi connectivity index (χ2n) is 3.99. The maximum absolute atomic E-state index is 11.4. The highest BCUT2D eigenvalue weighted by molar-refractivity contribution is 7.09. The number of hydrogen-bond acceptors (Lipinski definition) is 4. The Kier molecular flexibility index (Phi) is 3.58. The lowest BCUT2D eigenvalue weighted by atomic mass is 10.2. The Morgan fingerprint density at radius 2 is 2.35 bits per heavy atom. The number of aromatic amines is 1. The lowest BCUT2D eigenvalue weighted by Crippen LogP contribution is -2.12. The van der Waals surface area contributed by atoms with E-state index in [1.807, 2.05) is 31.4 Å². The van der Waals surface area contributed by atoms with Crippen LogP contribution in [0.15, 0.2) is 28.4 Å². The molecule has 90 valence electrons. The van der Waals surface area contributed by atoms with E-state index in [0.717, 1.165) is 4.88 Å². The SMILES string of the molecule is CC(C)c1nc(OCc2cccs2)cc(=O)[nH]1. The minimum atomic E-state index is -0.176. The second-order valence-corrected chi connectivity index (χ2v) is 5.02. The first kappa shape index (κ1) is 11.9. The molecule has 0 unspecified atom stereocenters. The highest BCUT2D eigenvalue weighted by Gasteiger charge is 2.06. The van der Waals surface area contributed by atoms with Crippen LogP contribution in [0.4, 0.5) is 0 Å². The Morgan fingerprint density at radius 1 is 1.53 bits per heavy atom. The van der Waals surface area contributed by atoms with Crippen LogP contribution in [0.5, 0.6) is 5.88 Å². The van der Waals surface area contributed by atoms with E-state index in [9.17, 15) is 4.79 Å². The Hall–Kier alpha value is -1.62. The number of thiophene rings is 1. The third-order valence-corrected chi connectivity index (χ3v) is 3.08. The van der Waals surface area contributed by atoms with Crippen LogP contribution < -0.4 is 10.3 Å². The fourth-order valence-corrected chi connectivity index (χ4v) is 1.96. The average molecular weight is 250 g/mol. The maximum Gasteiger partial charge on any atom is 0.254 e. The molecule has 0 aliphatic rings. The third-order valence-electron chi connectivity index (χ3n) is 2.23. The maximum atomic E-state index is 11.4. The zero-order valence-electron chi connectivity index (χ0n) is 9.77. The number of aromatic nitrogens is 2. The minimum absolute atomic E-state index is 0.174. The quantitative estimate of drug-likeness (QED) is 0.907. The van der Waals surface area contributed by atoms with Crippen molar-refractivity contribution in [2.45, 2.75) is 26.4 Å². The van der Waals surface area contributed by atoms with Crippen LogP contribution in [-0.4, -0.2) is 9.97 Å². The summed E-state index contributed by atoms with van der Waals surface area (Å²) in [6, 6.07) is 5.33. The Labute approximate surface area is 103 Å². The Bertz CT molecular complexity index is 532. The molecule has 0 fully saturated rings. The summed E-state index contributed by atoms with van der Waals surface area (Å²) in [5.41, 5.74) is -0.176. The van der Waals surface area contributed by atoms with E-state index < -0.39 is 0 Å². The van der Waals surface area contributed by atoms with Gasteiger partial charge in [0, 0.05) is 10.8 Å². The van der Waals surface area contributed by atoms with E-state index in [2.05, 4.69) is 9.97 Å². The van der Waals surface area contributed by atoms with Crippen LogP contribution in [0.2, 0.25) is 0 Å². The monoisotopic (exact) mass is 250 g/mol. The number of nitrogens with one attached hydrogen (secondary N) is 1. The molecule has 0 saturated heterocycles. The summed E-state index contributed by atoms with van der Waals surface area (Å²) in [4.78, 5) is 19.5. The van der Waals surface area contributed by atoms with Gasteiger partial charge in [0.25, 0.3) is 5.56 Å². The molecule has 0 saturated carbocycles. The topological polar surface area (TPSA) is 55.0 Å². The van der Waals surface area contributed by atoms with Gasteiger partial charge in [-0.2, -0.15) is 4.98 Å². The van der Waals surface area contributed by atoms with Crippen molar-refractivity contribution in [2.24, 2.45) is 0 Å². The van der Waals surface area contributed by atoms with Gasteiger partial charge in [-0.1, -0.05) is 19.9 Å². The van der Waals surface area contributed by atoms with Gasteiger partial charge in [0.1, 0.15) is 12.4 Å². The van der Waals surface area contributed by atoms with Gasteiger partial charge >= 0.3 is 0 Å². The van der Waals surface area contributed by atoms with Crippen LogP contribution in [0.3, 0.4) is 0 Å². The summed E-state index contributed by atoms with van der Waals surface area (Å²) in [5.74, 6) is 1.21. The van der Waals surface area contributed by atoms with E-state index in [4.69, 9.17) is 4.74 Å². The van der Waals surface area contributed by atoms with Gasteiger partial charge in [-0.25, -0.2) is 0 Å². The Morgan fingerprint density at radius 3 is 3.00 bits per heavy atom. The summed E-state index contributed by atoms with van der Waals surface area (Å²) in [5, 5.41) is 1.99. The van der Waals surface area contributed by atoms with Gasteiger partial charge < -0.3 is 9.72 Å². The number of nitrogens with zero attached hydrogens (tertiary/aromatic N) is 1. The van der Waals surface area contributed by atoms with E-state index in [-0.39, 0.29) is 11.5 Å². The molecule has 0 atom stereocenters. The highest BCUT2D eigenvalue weighted by atomic mass is 32.1. The van der Waals surface area contributed by atoms with Crippen LogP contribution >= 0.6 is 11.3 Å². The second kappa shape index (κ2) is 5.14. The van der Waals surface area contributed by atoms with Crippen molar-refractivity contribution in [3.8, 4) is 5.88 Å². The molecular formula is C12H14N2O2S. The highest BCUT2D eigenvalue weighted by Crippen LogP contribution is 2.14. The normalized spacial score (nSPS) is 10.8. The summed E-state index contributed by atoms with van der Waals surface area (Å²) >= 11 is 1.62. The van der Waals surface area contributed by atoms with Crippen molar-refractivity contribution >= 4 is 11.3 Å². The van der Waals surface area contributed by atoms with Crippen molar-refractivity contribution in [3.05, 3.63) is 44.6 Å². The molecule has 4 nitrogen and oxygen atoms in total. The molecule has 0 radical (unpaired) electrons. The molecule has 0 aromatic carbocycles. The van der Waals surface area contributed by atoms with Gasteiger partial charge in [-0.15, -0.1) is 11.3 Å². The fourth-order valence-electron chi connectivity index (χ4n) is 1.34. The molecule has 2 heterocycles. The molecule has 0 aliphatic heterocycles. The smallest absolute Gasteiger partial charge is 0.254 e. The fraction of sp³-hybridized carbons (Fsp3) is 0.333. The van der Waals surface area contributed by atoms with Gasteiger partial charge in [0.2, 0.25) is 5.88 Å². The molecule has 0 bridgehead atoms. The first-order valence-corrected chi connectivity index (χ1v) is 6.29. The molecule has 0 aliphatic carbocycles. The van der Waals surface area contributed by atoms with Gasteiger partial charge in [-0.05, 0) is 11.4 Å². The van der Waals surface area contributed by atoms with E-state index in [1.54, 1.807) is 11.3 Å². The Balaban J connectivity index is 2.13. The predicted molar refractivity (Wildman–Crippen MR) is 67.6 cm³/mol. The number of rotatable bonds is 4. The van der Waals surface area contributed by atoms with Crippen molar-refractivity contribution in [1.29, 1.82) is 0 Å². The van der Waals surface area contributed by atoms with Gasteiger partial charge in [-0.3, -0.25) is 4.79 Å². The number of hydrogen-bond donors (Lipinski definition) is 1. The molecule has 2 aromatic heterocycles. The molecule has 5 heteroatoms. The first-order valence-electron chi connectivity index (χ1n) is 5.41. The van der Waals surface area contributed by atoms with Crippen LogP contribution in [0, 0.1) is 0 Å². The molecule has 1 N–H and O–H groups in total. The lowest BCUT2D eigenvalue weighted by Gasteiger charge is -2.07. The van der Waals surface area contributed by atoms with E-state index in [1.165, 1.54) is 6.07 Å². The third kappa shape index (κ3) is 3.17. The first-order chi connectivity index (χ1) is 8.15. The van der Waals surface area contributed by atoms with E-state index >= 15 is 0 Å². The molecular weight excluding hydrogens is 236 g/mol. The number of ether oxygens (including phenoxy) is 1. The zero-order valence-corrected chi connectivity index (χ0v) is 10.6. The predicted octanol–water partition coefficient (Wildman–Crippen LogP) is 2.53. The lowest BCUT2D eigenvalue weighted by molar-refractivity contribution is 0.294. The summed E-state index contributed by atoms with van der Waals surface area (Å²) in [6.45, 7) is 4.40. The standard InChI is InChI=1S/C12H14N2O2S/c1-8(2)12-13-10(15)6-11(14-12)16-7-9-4-3-5-17-9/h3-6,8H,7H2,1-2H3,(H,13,14,15). The van der Waals surface area contributed by atoms with Crippen molar-refractivity contribution in [3.63, 3.8) is 0 Å². The molecule has 2 rings (SSSR count).